The van der Waals surface area contributed by atoms with E-state index in [9.17, 15) is 4.79 Å². The summed E-state index contributed by atoms with van der Waals surface area (Å²) < 4.78 is 11.3. The molecule has 0 aliphatic carbocycles. The third-order valence-corrected chi connectivity index (χ3v) is 7.03. The van der Waals surface area contributed by atoms with Gasteiger partial charge in [-0.15, -0.1) is 0 Å². The second kappa shape index (κ2) is 11.9. The summed E-state index contributed by atoms with van der Waals surface area (Å²) in [5.41, 5.74) is 2.81. The summed E-state index contributed by atoms with van der Waals surface area (Å²) in [5, 5.41) is 4.41. The van der Waals surface area contributed by atoms with Crippen molar-refractivity contribution in [2.75, 3.05) is 33.4 Å². The van der Waals surface area contributed by atoms with E-state index in [1.165, 1.54) is 0 Å². The van der Waals surface area contributed by atoms with Crippen LogP contribution < -0.4 is 14.8 Å². The molecule has 4 aromatic rings. The third-order valence-electron chi connectivity index (χ3n) is 7.03. The van der Waals surface area contributed by atoms with E-state index in [2.05, 4.69) is 22.3 Å². The summed E-state index contributed by atoms with van der Waals surface area (Å²) >= 11 is 0. The predicted octanol–water partition coefficient (Wildman–Crippen LogP) is 5.24. The third kappa shape index (κ3) is 6.09. The molecule has 1 N–H and O–H groups in total. The molecular formula is C31H33N3O3. The Morgan fingerprint density at radius 1 is 0.919 bits per heavy atom. The molecule has 0 saturated carbocycles. The first-order chi connectivity index (χ1) is 18.2. The van der Waals surface area contributed by atoms with E-state index < -0.39 is 0 Å². The molecule has 6 nitrogen and oxygen atoms in total. The summed E-state index contributed by atoms with van der Waals surface area (Å²) in [5.74, 6) is 1.58. The molecule has 1 amide bonds. The maximum Gasteiger partial charge on any atom is 0.224 e. The van der Waals surface area contributed by atoms with Crippen LogP contribution in [0.1, 0.15) is 30.1 Å². The van der Waals surface area contributed by atoms with Gasteiger partial charge in [-0.25, -0.2) is 0 Å². The Kier molecular flexibility index (Phi) is 7.96. The molecule has 1 aliphatic heterocycles. The number of aromatic nitrogens is 1. The average molecular weight is 496 g/mol. The first kappa shape index (κ1) is 24.8. The fourth-order valence-corrected chi connectivity index (χ4v) is 4.92. The lowest BCUT2D eigenvalue weighted by Gasteiger charge is -2.32. The number of carbonyl (C=O) groups excluding carboxylic acids is 1. The van der Waals surface area contributed by atoms with Gasteiger partial charge in [0.1, 0.15) is 6.61 Å². The normalized spacial score (nSPS) is 15.3. The number of hydrogen-bond donors (Lipinski definition) is 1. The van der Waals surface area contributed by atoms with Gasteiger partial charge in [0.25, 0.3) is 0 Å². The van der Waals surface area contributed by atoms with Crippen molar-refractivity contribution < 1.29 is 14.3 Å². The number of likely N-dealkylation sites (tertiary alicyclic amines) is 1. The minimum atomic E-state index is -0.286. The van der Waals surface area contributed by atoms with Gasteiger partial charge in [0.05, 0.1) is 24.4 Å². The maximum atomic E-state index is 13.4. The number of pyridine rings is 1. The second-order valence-corrected chi connectivity index (χ2v) is 9.40. The smallest absolute Gasteiger partial charge is 0.224 e. The Balaban J connectivity index is 1.19. The van der Waals surface area contributed by atoms with Crippen molar-refractivity contribution in [3.05, 3.63) is 102 Å². The van der Waals surface area contributed by atoms with Crippen LogP contribution in [-0.2, 0) is 4.79 Å². The van der Waals surface area contributed by atoms with Gasteiger partial charge in [-0.1, -0.05) is 66.7 Å². The molecule has 3 aromatic carbocycles. The number of carbonyl (C=O) groups is 1. The highest BCUT2D eigenvalue weighted by molar-refractivity contribution is 5.81. The van der Waals surface area contributed by atoms with Crippen LogP contribution in [-0.4, -0.2) is 49.1 Å². The van der Waals surface area contributed by atoms with Crippen LogP contribution in [0.5, 0.6) is 11.5 Å². The standard InChI is InChI=1S/C31H33N3O3/c1-36-28-13-7-8-14-29(28)37-22-21-34-19-17-25(18-20-34)31(35)33-30(24-10-3-2-4-11-24)27-16-15-23-9-5-6-12-26(23)32-27/h2-16,25,30H,17-22H2,1H3,(H,33,35). The van der Waals surface area contributed by atoms with Gasteiger partial charge in [-0.3, -0.25) is 14.7 Å². The van der Waals surface area contributed by atoms with E-state index in [0.717, 1.165) is 66.1 Å². The summed E-state index contributed by atoms with van der Waals surface area (Å²) in [6, 6.07) is 29.6. The topological polar surface area (TPSA) is 63.7 Å². The lowest BCUT2D eigenvalue weighted by atomic mass is 9.94. The molecule has 5 rings (SSSR count). The highest BCUT2D eigenvalue weighted by Gasteiger charge is 2.28. The fourth-order valence-electron chi connectivity index (χ4n) is 4.92. The molecule has 1 atom stereocenters. The fraction of sp³-hybridized carbons (Fsp3) is 0.290. The highest BCUT2D eigenvalue weighted by atomic mass is 16.5. The van der Waals surface area contributed by atoms with Gasteiger partial charge < -0.3 is 14.8 Å². The van der Waals surface area contributed by atoms with Crippen molar-refractivity contribution in [3.8, 4) is 11.5 Å². The zero-order valence-electron chi connectivity index (χ0n) is 21.2. The molecule has 37 heavy (non-hydrogen) atoms. The molecule has 2 heterocycles. The van der Waals surface area contributed by atoms with E-state index in [1.807, 2.05) is 78.9 Å². The predicted molar refractivity (Wildman–Crippen MR) is 146 cm³/mol. The van der Waals surface area contributed by atoms with E-state index in [-0.39, 0.29) is 17.9 Å². The Labute approximate surface area is 218 Å². The number of piperidine rings is 1. The molecule has 0 bridgehead atoms. The van der Waals surface area contributed by atoms with Crippen LogP contribution in [0, 0.1) is 5.92 Å². The first-order valence-electron chi connectivity index (χ1n) is 12.9. The first-order valence-corrected chi connectivity index (χ1v) is 12.9. The van der Waals surface area contributed by atoms with E-state index in [1.54, 1.807) is 7.11 Å². The summed E-state index contributed by atoms with van der Waals surface area (Å²) in [7, 11) is 1.65. The molecule has 1 saturated heterocycles. The number of methoxy groups -OCH3 is 1. The highest BCUT2D eigenvalue weighted by Crippen LogP contribution is 2.27. The molecule has 0 spiro atoms. The maximum absolute atomic E-state index is 13.4. The average Bonchev–Trinajstić information content (AvgIpc) is 2.96. The van der Waals surface area contributed by atoms with Crippen LogP contribution >= 0.6 is 0 Å². The number of amides is 1. The molecule has 1 fully saturated rings. The van der Waals surface area contributed by atoms with Crippen molar-refractivity contribution in [1.82, 2.24) is 15.2 Å². The molecule has 190 valence electrons. The molecule has 1 aliphatic rings. The Morgan fingerprint density at radius 3 is 2.41 bits per heavy atom. The molecule has 0 radical (unpaired) electrons. The van der Waals surface area contributed by atoms with E-state index >= 15 is 0 Å². The number of nitrogens with one attached hydrogen (secondary N) is 1. The molecule has 1 unspecified atom stereocenters. The second-order valence-electron chi connectivity index (χ2n) is 9.40. The van der Waals surface area contributed by atoms with Crippen molar-refractivity contribution in [3.63, 3.8) is 0 Å². The summed E-state index contributed by atoms with van der Waals surface area (Å²) in [4.78, 5) is 20.6. The number of benzene rings is 3. The number of hydrogen-bond acceptors (Lipinski definition) is 5. The van der Waals surface area contributed by atoms with Gasteiger partial charge >= 0.3 is 0 Å². The van der Waals surface area contributed by atoms with Gasteiger partial charge in [0, 0.05) is 17.8 Å². The Morgan fingerprint density at radius 2 is 1.62 bits per heavy atom. The minimum Gasteiger partial charge on any atom is -0.493 e. The number of para-hydroxylation sites is 3. The van der Waals surface area contributed by atoms with Crippen LogP contribution in [0.2, 0.25) is 0 Å². The van der Waals surface area contributed by atoms with Gasteiger partial charge in [-0.05, 0) is 55.8 Å². The molecule has 1 aromatic heterocycles. The molecule has 6 heteroatoms. The Hall–Kier alpha value is -3.90. The van der Waals surface area contributed by atoms with E-state index in [0.29, 0.717) is 6.61 Å². The monoisotopic (exact) mass is 495 g/mol. The quantitative estimate of drug-likeness (QED) is 0.344. The zero-order chi connectivity index (χ0) is 25.5. The van der Waals surface area contributed by atoms with Gasteiger partial charge in [-0.2, -0.15) is 0 Å². The minimum absolute atomic E-state index is 0.0157. The zero-order valence-corrected chi connectivity index (χ0v) is 21.2. The van der Waals surface area contributed by atoms with Gasteiger partial charge in [0.15, 0.2) is 11.5 Å². The van der Waals surface area contributed by atoms with Crippen molar-refractivity contribution >= 4 is 16.8 Å². The van der Waals surface area contributed by atoms with Crippen molar-refractivity contribution in [2.24, 2.45) is 5.92 Å². The van der Waals surface area contributed by atoms with Crippen molar-refractivity contribution in [2.45, 2.75) is 18.9 Å². The summed E-state index contributed by atoms with van der Waals surface area (Å²) in [6.45, 7) is 3.15. The van der Waals surface area contributed by atoms with Crippen molar-refractivity contribution in [1.29, 1.82) is 0 Å². The molecular weight excluding hydrogens is 462 g/mol. The number of rotatable bonds is 9. The largest absolute Gasteiger partial charge is 0.493 e. The number of fused-ring (bicyclic) bond motifs is 1. The van der Waals surface area contributed by atoms with Gasteiger partial charge in [0.2, 0.25) is 5.91 Å². The lowest BCUT2D eigenvalue weighted by Crippen LogP contribution is -2.43. The van der Waals surface area contributed by atoms with Crippen LogP contribution in [0.15, 0.2) is 91.0 Å². The number of nitrogens with zero attached hydrogens (tertiary/aromatic N) is 2. The van der Waals surface area contributed by atoms with Crippen LogP contribution in [0.4, 0.5) is 0 Å². The van der Waals surface area contributed by atoms with E-state index in [4.69, 9.17) is 14.5 Å². The SMILES string of the molecule is COc1ccccc1OCCN1CCC(C(=O)NC(c2ccccc2)c2ccc3ccccc3n2)CC1. The Bertz CT molecular complexity index is 1320. The van der Waals surface area contributed by atoms with Crippen LogP contribution in [0.3, 0.4) is 0 Å². The van der Waals surface area contributed by atoms with Crippen LogP contribution in [0.25, 0.3) is 10.9 Å². The lowest BCUT2D eigenvalue weighted by molar-refractivity contribution is -0.127. The summed E-state index contributed by atoms with van der Waals surface area (Å²) in [6.07, 6.45) is 1.65. The number of ether oxygens (including phenoxy) is 2.